The molecular formula is C15H13BrClN3O. The number of aryl methyl sites for hydroxylation is 1. The zero-order chi connectivity index (χ0) is 15.0. The summed E-state index contributed by atoms with van der Waals surface area (Å²) < 4.78 is 8.26. The first kappa shape index (κ1) is 14.4. The van der Waals surface area contributed by atoms with Crippen molar-refractivity contribution in [3.05, 3.63) is 51.3 Å². The number of halogens is 2. The summed E-state index contributed by atoms with van der Waals surface area (Å²) in [5.41, 5.74) is 2.76. The van der Waals surface area contributed by atoms with Crippen molar-refractivity contribution in [2.45, 2.75) is 13.5 Å². The Kier molecular flexibility index (Phi) is 3.87. The standard InChI is InChI=1S/C15H13BrClN3O/c1-9-18-12-5-6-14(16)19-15(12)20(9)8-10-3-4-11(17)7-13(10)21-2/h3-7H,8H2,1-2H3. The van der Waals surface area contributed by atoms with E-state index in [2.05, 4.69) is 30.5 Å². The minimum Gasteiger partial charge on any atom is -0.496 e. The van der Waals surface area contributed by atoms with Crippen LogP contribution in [0.25, 0.3) is 11.2 Å². The maximum absolute atomic E-state index is 6.01. The van der Waals surface area contributed by atoms with E-state index in [4.69, 9.17) is 16.3 Å². The minimum absolute atomic E-state index is 0.631. The van der Waals surface area contributed by atoms with Crippen LogP contribution in [0.5, 0.6) is 5.75 Å². The number of nitrogens with zero attached hydrogens (tertiary/aromatic N) is 3. The normalized spacial score (nSPS) is 11.0. The highest BCUT2D eigenvalue weighted by atomic mass is 79.9. The molecule has 0 amide bonds. The zero-order valence-corrected chi connectivity index (χ0v) is 13.9. The zero-order valence-electron chi connectivity index (χ0n) is 11.6. The van der Waals surface area contributed by atoms with Gasteiger partial charge in [0, 0.05) is 10.6 Å². The molecule has 4 nitrogen and oxygen atoms in total. The predicted octanol–water partition coefficient (Wildman–Crippen LogP) is 4.21. The molecule has 21 heavy (non-hydrogen) atoms. The summed E-state index contributed by atoms with van der Waals surface area (Å²) >= 11 is 9.41. The van der Waals surface area contributed by atoms with E-state index in [1.807, 2.05) is 37.3 Å². The fourth-order valence-corrected chi connectivity index (χ4v) is 2.76. The van der Waals surface area contributed by atoms with Gasteiger partial charge in [0.05, 0.1) is 13.7 Å². The molecule has 0 radical (unpaired) electrons. The third-order valence-electron chi connectivity index (χ3n) is 3.33. The molecule has 0 aliphatic carbocycles. The molecule has 0 bridgehead atoms. The molecule has 6 heteroatoms. The highest BCUT2D eigenvalue weighted by Gasteiger charge is 2.12. The second-order valence-electron chi connectivity index (χ2n) is 4.68. The number of hydrogen-bond acceptors (Lipinski definition) is 3. The van der Waals surface area contributed by atoms with E-state index < -0.39 is 0 Å². The summed E-state index contributed by atoms with van der Waals surface area (Å²) in [6.07, 6.45) is 0. The van der Waals surface area contributed by atoms with Crippen molar-refractivity contribution in [2.24, 2.45) is 0 Å². The molecule has 3 rings (SSSR count). The second-order valence-corrected chi connectivity index (χ2v) is 5.93. The molecule has 2 heterocycles. The van der Waals surface area contributed by atoms with E-state index >= 15 is 0 Å². The Balaban J connectivity index is 2.09. The summed E-state index contributed by atoms with van der Waals surface area (Å²) in [6.45, 7) is 2.60. The van der Waals surface area contributed by atoms with Gasteiger partial charge in [-0.1, -0.05) is 17.7 Å². The highest BCUT2D eigenvalue weighted by Crippen LogP contribution is 2.26. The Morgan fingerprint density at radius 1 is 1.24 bits per heavy atom. The largest absolute Gasteiger partial charge is 0.496 e. The van der Waals surface area contributed by atoms with Crippen LogP contribution in [0, 0.1) is 6.92 Å². The van der Waals surface area contributed by atoms with E-state index in [0.717, 1.165) is 32.9 Å². The molecule has 108 valence electrons. The molecule has 0 saturated heterocycles. The van der Waals surface area contributed by atoms with Crippen LogP contribution in [0.1, 0.15) is 11.4 Å². The molecule has 3 aromatic rings. The number of pyridine rings is 1. The van der Waals surface area contributed by atoms with Crippen LogP contribution in [0.2, 0.25) is 5.02 Å². The topological polar surface area (TPSA) is 39.9 Å². The molecule has 1 aromatic carbocycles. The molecule has 0 atom stereocenters. The summed E-state index contributed by atoms with van der Waals surface area (Å²) in [7, 11) is 1.64. The lowest BCUT2D eigenvalue weighted by molar-refractivity contribution is 0.408. The number of methoxy groups -OCH3 is 1. The first-order valence-corrected chi connectivity index (χ1v) is 7.57. The molecule has 0 spiro atoms. The summed E-state index contributed by atoms with van der Waals surface area (Å²) in [4.78, 5) is 9.05. The number of hydrogen-bond donors (Lipinski definition) is 0. The third-order valence-corrected chi connectivity index (χ3v) is 4.00. The maximum Gasteiger partial charge on any atom is 0.161 e. The molecule has 0 unspecified atom stereocenters. The number of imidazole rings is 1. The van der Waals surface area contributed by atoms with Crippen molar-refractivity contribution in [3.63, 3.8) is 0 Å². The molecule has 2 aromatic heterocycles. The molecule has 0 N–H and O–H groups in total. The van der Waals surface area contributed by atoms with Crippen molar-refractivity contribution >= 4 is 38.7 Å². The first-order valence-electron chi connectivity index (χ1n) is 6.40. The van der Waals surface area contributed by atoms with Gasteiger partial charge in [-0.05, 0) is 47.1 Å². The van der Waals surface area contributed by atoms with Crippen LogP contribution in [0.15, 0.2) is 34.9 Å². The average Bonchev–Trinajstić information content (AvgIpc) is 2.76. The van der Waals surface area contributed by atoms with Crippen molar-refractivity contribution in [3.8, 4) is 5.75 Å². The number of ether oxygens (including phenoxy) is 1. The van der Waals surface area contributed by atoms with Gasteiger partial charge in [0.25, 0.3) is 0 Å². The van der Waals surface area contributed by atoms with E-state index in [0.29, 0.717) is 11.6 Å². The quantitative estimate of drug-likeness (QED) is 0.652. The van der Waals surface area contributed by atoms with E-state index in [-0.39, 0.29) is 0 Å². The average molecular weight is 367 g/mol. The Morgan fingerprint density at radius 2 is 2.05 bits per heavy atom. The van der Waals surface area contributed by atoms with E-state index in [1.165, 1.54) is 0 Å². The summed E-state index contributed by atoms with van der Waals surface area (Å²) in [5.74, 6) is 1.67. The fourth-order valence-electron chi connectivity index (χ4n) is 2.30. The van der Waals surface area contributed by atoms with Gasteiger partial charge >= 0.3 is 0 Å². The Labute approximate surface area is 135 Å². The third kappa shape index (κ3) is 2.76. The van der Waals surface area contributed by atoms with Gasteiger partial charge in [-0.15, -0.1) is 0 Å². The van der Waals surface area contributed by atoms with Gasteiger partial charge in [0.2, 0.25) is 0 Å². The number of aromatic nitrogens is 3. The van der Waals surface area contributed by atoms with Crippen LogP contribution < -0.4 is 4.74 Å². The van der Waals surface area contributed by atoms with E-state index in [9.17, 15) is 0 Å². The van der Waals surface area contributed by atoms with Crippen LogP contribution >= 0.6 is 27.5 Å². The van der Waals surface area contributed by atoms with Crippen LogP contribution in [0.4, 0.5) is 0 Å². The van der Waals surface area contributed by atoms with E-state index in [1.54, 1.807) is 7.11 Å². The first-order chi connectivity index (χ1) is 10.1. The van der Waals surface area contributed by atoms with Crippen molar-refractivity contribution in [1.82, 2.24) is 14.5 Å². The monoisotopic (exact) mass is 365 g/mol. The smallest absolute Gasteiger partial charge is 0.161 e. The molecule has 0 aliphatic heterocycles. The lowest BCUT2D eigenvalue weighted by Gasteiger charge is -2.11. The Morgan fingerprint density at radius 3 is 2.81 bits per heavy atom. The molecule has 0 aliphatic rings. The van der Waals surface area contributed by atoms with Gasteiger partial charge in [-0.25, -0.2) is 9.97 Å². The summed E-state index contributed by atoms with van der Waals surface area (Å²) in [5, 5.41) is 0.656. The van der Waals surface area contributed by atoms with Crippen molar-refractivity contribution < 1.29 is 4.74 Å². The lowest BCUT2D eigenvalue weighted by atomic mass is 10.2. The number of rotatable bonds is 3. The SMILES string of the molecule is COc1cc(Cl)ccc1Cn1c(C)nc2ccc(Br)nc21. The molecule has 0 saturated carbocycles. The van der Waals surface area contributed by atoms with Crippen molar-refractivity contribution in [1.29, 1.82) is 0 Å². The Bertz CT molecular complexity index is 816. The predicted molar refractivity (Wildman–Crippen MR) is 87.1 cm³/mol. The lowest BCUT2D eigenvalue weighted by Crippen LogP contribution is -2.04. The maximum atomic E-state index is 6.01. The molecular weight excluding hydrogens is 354 g/mol. The minimum atomic E-state index is 0.631. The van der Waals surface area contributed by atoms with Crippen molar-refractivity contribution in [2.75, 3.05) is 7.11 Å². The van der Waals surface area contributed by atoms with Crippen LogP contribution in [0.3, 0.4) is 0 Å². The van der Waals surface area contributed by atoms with Gasteiger partial charge in [0.1, 0.15) is 21.7 Å². The second kappa shape index (κ2) is 5.66. The number of fused-ring (bicyclic) bond motifs is 1. The van der Waals surface area contributed by atoms with Crippen LogP contribution in [-0.2, 0) is 6.54 Å². The van der Waals surface area contributed by atoms with Gasteiger partial charge in [-0.2, -0.15) is 0 Å². The van der Waals surface area contributed by atoms with Gasteiger partial charge in [0.15, 0.2) is 5.65 Å². The molecule has 0 fully saturated rings. The summed E-state index contributed by atoms with van der Waals surface area (Å²) in [6, 6.07) is 9.48. The highest BCUT2D eigenvalue weighted by molar-refractivity contribution is 9.10. The number of benzene rings is 1. The van der Waals surface area contributed by atoms with Gasteiger partial charge < -0.3 is 9.30 Å². The van der Waals surface area contributed by atoms with Gasteiger partial charge in [-0.3, -0.25) is 0 Å². The fraction of sp³-hybridized carbons (Fsp3) is 0.200. The Hall–Kier alpha value is -1.59. The van der Waals surface area contributed by atoms with Crippen LogP contribution in [-0.4, -0.2) is 21.6 Å².